The first-order chi connectivity index (χ1) is 10.3. The molecule has 0 aromatic heterocycles. The molecule has 3 rings (SSSR count). The van der Waals surface area contributed by atoms with E-state index in [-0.39, 0.29) is 18.1 Å². The van der Waals surface area contributed by atoms with Crippen LogP contribution in [0.2, 0.25) is 0 Å². The zero-order valence-electron chi connectivity index (χ0n) is 12.3. The third-order valence-corrected chi connectivity index (χ3v) is 5.15. The fourth-order valence-electron chi connectivity index (χ4n) is 2.74. The molecule has 2 aliphatic heterocycles. The smallest absolute Gasteiger partial charge is 0.231 e. The molecule has 0 spiro atoms. The highest BCUT2D eigenvalue weighted by molar-refractivity contribution is 7.99. The molecular weight excluding hydrogens is 286 g/mol. The van der Waals surface area contributed by atoms with Crippen molar-refractivity contribution in [3.63, 3.8) is 0 Å². The van der Waals surface area contributed by atoms with E-state index >= 15 is 0 Å². The predicted octanol–water partition coefficient (Wildman–Crippen LogP) is 3.57. The van der Waals surface area contributed by atoms with E-state index in [9.17, 15) is 4.79 Å². The maximum atomic E-state index is 12.4. The Morgan fingerprint density at radius 2 is 2.19 bits per heavy atom. The number of hydrogen-bond acceptors (Lipinski definition) is 4. The number of carbonyl (C=O) groups excluding carboxylic acids is 1. The van der Waals surface area contributed by atoms with Gasteiger partial charge in [0.2, 0.25) is 12.7 Å². The van der Waals surface area contributed by atoms with Crippen LogP contribution < -0.4 is 9.47 Å². The van der Waals surface area contributed by atoms with Crippen molar-refractivity contribution in [2.75, 3.05) is 19.1 Å². The van der Waals surface area contributed by atoms with Gasteiger partial charge in [0, 0.05) is 18.7 Å². The number of fused-ring (bicyclic) bond motifs is 1. The molecule has 0 unspecified atom stereocenters. The van der Waals surface area contributed by atoms with Crippen molar-refractivity contribution in [2.24, 2.45) is 0 Å². The molecule has 0 bridgehead atoms. The highest BCUT2D eigenvalue weighted by Gasteiger charge is 2.31. The average molecular weight is 307 g/mol. The zero-order valence-corrected chi connectivity index (χ0v) is 13.2. The Balaban J connectivity index is 1.70. The molecule has 0 N–H and O–H groups in total. The number of ether oxygens (including phenoxy) is 2. The molecule has 0 aliphatic carbocycles. The third-order valence-electron chi connectivity index (χ3n) is 3.89. The molecule has 5 heteroatoms. The van der Waals surface area contributed by atoms with Gasteiger partial charge in [-0.2, -0.15) is 0 Å². The number of thioether (sulfide) groups is 1. The van der Waals surface area contributed by atoms with Gasteiger partial charge in [-0.1, -0.05) is 25.8 Å². The summed E-state index contributed by atoms with van der Waals surface area (Å²) < 4.78 is 10.8. The van der Waals surface area contributed by atoms with Crippen LogP contribution in [0.4, 0.5) is 0 Å². The van der Waals surface area contributed by atoms with Crippen LogP contribution in [0.15, 0.2) is 18.2 Å². The summed E-state index contributed by atoms with van der Waals surface area (Å²) in [5, 5.41) is 0.119. The average Bonchev–Trinajstić information content (AvgIpc) is 3.15. The highest BCUT2D eigenvalue weighted by Crippen LogP contribution is 2.42. The minimum Gasteiger partial charge on any atom is -0.454 e. The predicted molar refractivity (Wildman–Crippen MR) is 83.6 cm³/mol. The number of carbonyl (C=O) groups is 1. The van der Waals surface area contributed by atoms with E-state index in [1.807, 2.05) is 34.9 Å². The minimum absolute atomic E-state index is 0.119. The SMILES string of the molecule is CCCCCC(=O)N1CCS[C@@H]1c1ccc2c(c1)OCO2. The van der Waals surface area contributed by atoms with Crippen molar-refractivity contribution >= 4 is 17.7 Å². The lowest BCUT2D eigenvalue weighted by atomic mass is 10.1. The lowest BCUT2D eigenvalue weighted by Gasteiger charge is -2.24. The van der Waals surface area contributed by atoms with E-state index in [1.54, 1.807) is 0 Å². The van der Waals surface area contributed by atoms with Gasteiger partial charge in [0.25, 0.3) is 0 Å². The first kappa shape index (κ1) is 14.6. The number of amides is 1. The number of benzene rings is 1. The Bertz CT molecular complexity index is 520. The Kier molecular flexibility index (Phi) is 4.58. The lowest BCUT2D eigenvalue weighted by Crippen LogP contribution is -2.30. The molecule has 2 heterocycles. The summed E-state index contributed by atoms with van der Waals surface area (Å²) in [7, 11) is 0. The van der Waals surface area contributed by atoms with Crippen molar-refractivity contribution in [3.05, 3.63) is 23.8 Å². The molecule has 1 fully saturated rings. The second kappa shape index (κ2) is 6.60. The summed E-state index contributed by atoms with van der Waals surface area (Å²) in [5.74, 6) is 2.86. The van der Waals surface area contributed by atoms with Crippen molar-refractivity contribution in [1.29, 1.82) is 0 Å². The van der Waals surface area contributed by atoms with Gasteiger partial charge in [-0.05, 0) is 24.1 Å². The van der Waals surface area contributed by atoms with E-state index in [1.165, 1.54) is 0 Å². The topological polar surface area (TPSA) is 38.8 Å². The number of rotatable bonds is 5. The lowest BCUT2D eigenvalue weighted by molar-refractivity contribution is -0.131. The van der Waals surface area contributed by atoms with Gasteiger partial charge in [0.05, 0.1) is 0 Å². The van der Waals surface area contributed by atoms with E-state index in [4.69, 9.17) is 9.47 Å². The Morgan fingerprint density at radius 1 is 1.33 bits per heavy atom. The Labute approximate surface area is 129 Å². The van der Waals surface area contributed by atoms with E-state index in [0.717, 1.165) is 48.6 Å². The first-order valence-electron chi connectivity index (χ1n) is 7.60. The summed E-state index contributed by atoms with van der Waals surface area (Å²) in [6, 6.07) is 6.00. The monoisotopic (exact) mass is 307 g/mol. The van der Waals surface area contributed by atoms with Gasteiger partial charge in [-0.3, -0.25) is 4.79 Å². The molecule has 114 valence electrons. The molecule has 21 heavy (non-hydrogen) atoms. The van der Waals surface area contributed by atoms with Gasteiger partial charge in [0.1, 0.15) is 5.37 Å². The molecule has 4 nitrogen and oxygen atoms in total. The van der Waals surface area contributed by atoms with Crippen LogP contribution in [0, 0.1) is 0 Å². The van der Waals surface area contributed by atoms with Crippen LogP contribution in [0.3, 0.4) is 0 Å². The van der Waals surface area contributed by atoms with Crippen molar-refractivity contribution in [2.45, 2.75) is 38.0 Å². The number of nitrogens with zero attached hydrogens (tertiary/aromatic N) is 1. The van der Waals surface area contributed by atoms with E-state index in [2.05, 4.69) is 6.92 Å². The molecule has 1 aromatic carbocycles. The fourth-order valence-corrected chi connectivity index (χ4v) is 4.01. The molecule has 1 saturated heterocycles. The highest BCUT2D eigenvalue weighted by atomic mass is 32.2. The van der Waals surface area contributed by atoms with E-state index in [0.29, 0.717) is 6.42 Å². The Hall–Kier alpha value is -1.36. The third kappa shape index (κ3) is 3.12. The molecule has 1 aromatic rings. The molecular formula is C16H21NO3S. The summed E-state index contributed by atoms with van der Waals surface area (Å²) >= 11 is 1.83. The summed E-state index contributed by atoms with van der Waals surface area (Å²) in [5.41, 5.74) is 1.13. The fraction of sp³-hybridized carbons (Fsp3) is 0.562. The first-order valence-corrected chi connectivity index (χ1v) is 8.65. The van der Waals surface area contributed by atoms with Gasteiger partial charge in [-0.15, -0.1) is 11.8 Å². The second-order valence-electron chi connectivity index (χ2n) is 5.38. The molecule has 1 atom stereocenters. The normalized spacial score (nSPS) is 20.0. The quantitative estimate of drug-likeness (QED) is 0.780. The van der Waals surface area contributed by atoms with Gasteiger partial charge >= 0.3 is 0 Å². The largest absolute Gasteiger partial charge is 0.454 e. The van der Waals surface area contributed by atoms with Crippen molar-refractivity contribution in [3.8, 4) is 11.5 Å². The summed E-state index contributed by atoms with van der Waals surface area (Å²) in [4.78, 5) is 14.4. The van der Waals surface area contributed by atoms with Crippen molar-refractivity contribution in [1.82, 2.24) is 4.90 Å². The number of unbranched alkanes of at least 4 members (excludes halogenated alkanes) is 2. The van der Waals surface area contributed by atoms with Crippen LogP contribution in [0.25, 0.3) is 0 Å². The molecule has 2 aliphatic rings. The van der Waals surface area contributed by atoms with Crippen LogP contribution in [-0.2, 0) is 4.79 Å². The van der Waals surface area contributed by atoms with Gasteiger partial charge in [-0.25, -0.2) is 0 Å². The zero-order chi connectivity index (χ0) is 14.7. The van der Waals surface area contributed by atoms with Crippen LogP contribution in [-0.4, -0.2) is 29.9 Å². The van der Waals surface area contributed by atoms with Crippen molar-refractivity contribution < 1.29 is 14.3 Å². The van der Waals surface area contributed by atoms with Gasteiger partial charge in [0.15, 0.2) is 11.5 Å². The summed E-state index contributed by atoms with van der Waals surface area (Å²) in [6.07, 6.45) is 3.93. The molecule has 0 radical (unpaired) electrons. The van der Waals surface area contributed by atoms with Gasteiger partial charge < -0.3 is 14.4 Å². The maximum Gasteiger partial charge on any atom is 0.231 e. The molecule has 1 amide bonds. The second-order valence-corrected chi connectivity index (χ2v) is 6.57. The van der Waals surface area contributed by atoms with Crippen LogP contribution in [0.1, 0.15) is 43.5 Å². The maximum absolute atomic E-state index is 12.4. The van der Waals surface area contributed by atoms with E-state index < -0.39 is 0 Å². The molecule has 0 saturated carbocycles. The minimum atomic E-state index is 0.119. The number of hydrogen-bond donors (Lipinski definition) is 0. The standard InChI is InChI=1S/C16H21NO3S/c1-2-3-4-5-15(18)17-8-9-21-16(17)12-6-7-13-14(10-12)20-11-19-13/h6-7,10,16H,2-5,8-9,11H2,1H3/t16-/m1/s1. The van der Waals surface area contributed by atoms with Crippen LogP contribution in [0.5, 0.6) is 11.5 Å². The van der Waals surface area contributed by atoms with Crippen LogP contribution >= 0.6 is 11.8 Å². The summed E-state index contributed by atoms with van der Waals surface area (Å²) in [6.45, 7) is 3.29. The Morgan fingerprint density at radius 3 is 3.05 bits per heavy atom.